The molecule has 3 nitrogen and oxygen atoms in total. The van der Waals surface area contributed by atoms with Crippen molar-refractivity contribution in [2.24, 2.45) is 0 Å². The number of aryl methyl sites for hydroxylation is 1. The van der Waals surface area contributed by atoms with E-state index in [-0.39, 0.29) is 5.78 Å². The molecule has 3 heteroatoms. The Morgan fingerprint density at radius 1 is 1.14 bits per heavy atom. The first-order chi connectivity index (χ1) is 10.2. The molecule has 3 rings (SSSR count). The lowest BCUT2D eigenvalue weighted by Gasteiger charge is -2.10. The summed E-state index contributed by atoms with van der Waals surface area (Å²) in [7, 11) is 0. The molecule has 0 fully saturated rings. The molecule has 3 aromatic rings. The number of rotatable bonds is 4. The third-order valence-electron chi connectivity index (χ3n) is 3.62. The average molecular weight is 279 g/mol. The van der Waals surface area contributed by atoms with Gasteiger partial charge in [0, 0.05) is 11.8 Å². The Hall–Kier alpha value is -2.55. The molecule has 0 saturated carbocycles. The number of H-pyrrole nitrogens is 1. The number of Topliss-reactive ketones (excluding diaryl/α,β-unsaturated/α-hetero) is 1. The van der Waals surface area contributed by atoms with Crippen LogP contribution in [0.2, 0.25) is 0 Å². The van der Waals surface area contributed by atoms with Crippen molar-refractivity contribution in [2.75, 3.05) is 0 Å². The van der Waals surface area contributed by atoms with Gasteiger partial charge < -0.3 is 9.72 Å². The SMILES string of the molecule is CC(=O)c1c[nH]c2c(C)ccc(OCc3ccccc3)c12. The number of hydrogen-bond donors (Lipinski definition) is 1. The molecular formula is C18H17NO2. The van der Waals surface area contributed by atoms with Crippen molar-refractivity contribution in [3.8, 4) is 5.75 Å². The Labute approximate surface area is 123 Å². The molecule has 0 aliphatic heterocycles. The van der Waals surface area contributed by atoms with E-state index < -0.39 is 0 Å². The van der Waals surface area contributed by atoms with Crippen LogP contribution in [0.4, 0.5) is 0 Å². The van der Waals surface area contributed by atoms with Crippen LogP contribution in [0.15, 0.2) is 48.7 Å². The van der Waals surface area contributed by atoms with Crippen LogP contribution in [-0.2, 0) is 6.61 Å². The lowest BCUT2D eigenvalue weighted by molar-refractivity contribution is 0.101. The van der Waals surface area contributed by atoms with Crippen molar-refractivity contribution in [2.45, 2.75) is 20.5 Å². The van der Waals surface area contributed by atoms with E-state index in [0.29, 0.717) is 12.2 Å². The molecule has 0 bridgehead atoms. The molecule has 1 heterocycles. The second-order valence-electron chi connectivity index (χ2n) is 5.16. The van der Waals surface area contributed by atoms with Crippen LogP contribution in [0, 0.1) is 6.92 Å². The molecule has 0 spiro atoms. The summed E-state index contributed by atoms with van der Waals surface area (Å²) < 4.78 is 5.94. The highest BCUT2D eigenvalue weighted by molar-refractivity contribution is 6.09. The Bertz CT molecular complexity index is 788. The molecule has 2 aromatic carbocycles. The fraction of sp³-hybridized carbons (Fsp3) is 0.167. The number of ketones is 1. The van der Waals surface area contributed by atoms with Gasteiger partial charge in [-0.05, 0) is 31.0 Å². The van der Waals surface area contributed by atoms with Gasteiger partial charge in [0.05, 0.1) is 10.9 Å². The first kappa shape index (κ1) is 13.4. The zero-order valence-corrected chi connectivity index (χ0v) is 12.1. The standard InChI is InChI=1S/C18H17NO2/c1-12-8-9-16(21-11-14-6-4-3-5-7-14)17-15(13(2)20)10-19-18(12)17/h3-10,19H,11H2,1-2H3. The van der Waals surface area contributed by atoms with E-state index in [1.807, 2.05) is 49.4 Å². The van der Waals surface area contributed by atoms with E-state index in [1.165, 1.54) is 0 Å². The smallest absolute Gasteiger partial charge is 0.162 e. The summed E-state index contributed by atoms with van der Waals surface area (Å²) in [5.74, 6) is 0.780. The molecule has 21 heavy (non-hydrogen) atoms. The van der Waals surface area contributed by atoms with Crippen LogP contribution in [0.1, 0.15) is 28.4 Å². The molecule has 0 aliphatic rings. The van der Waals surface area contributed by atoms with Gasteiger partial charge >= 0.3 is 0 Å². The predicted octanol–water partition coefficient (Wildman–Crippen LogP) is 4.26. The maximum Gasteiger partial charge on any atom is 0.162 e. The Morgan fingerprint density at radius 3 is 2.62 bits per heavy atom. The predicted molar refractivity (Wildman–Crippen MR) is 83.8 cm³/mol. The zero-order valence-electron chi connectivity index (χ0n) is 12.1. The van der Waals surface area contributed by atoms with Crippen LogP contribution in [-0.4, -0.2) is 10.8 Å². The van der Waals surface area contributed by atoms with Gasteiger partial charge in [-0.1, -0.05) is 36.4 Å². The molecule has 0 atom stereocenters. The summed E-state index contributed by atoms with van der Waals surface area (Å²) in [4.78, 5) is 15.0. The van der Waals surface area contributed by atoms with Crippen molar-refractivity contribution in [3.05, 3.63) is 65.4 Å². The summed E-state index contributed by atoms with van der Waals surface area (Å²) in [6.45, 7) is 4.08. The van der Waals surface area contributed by atoms with Crippen molar-refractivity contribution in [1.82, 2.24) is 4.98 Å². The third kappa shape index (κ3) is 2.55. The molecule has 0 aliphatic carbocycles. The lowest BCUT2D eigenvalue weighted by Crippen LogP contribution is -1.98. The van der Waals surface area contributed by atoms with E-state index in [4.69, 9.17) is 4.74 Å². The van der Waals surface area contributed by atoms with Crippen LogP contribution in [0.3, 0.4) is 0 Å². The molecular weight excluding hydrogens is 262 g/mol. The second-order valence-corrected chi connectivity index (χ2v) is 5.16. The largest absolute Gasteiger partial charge is 0.488 e. The van der Waals surface area contributed by atoms with Crippen molar-refractivity contribution in [3.63, 3.8) is 0 Å². The molecule has 1 N–H and O–H groups in total. The van der Waals surface area contributed by atoms with E-state index in [1.54, 1.807) is 13.1 Å². The van der Waals surface area contributed by atoms with Gasteiger partial charge in [-0.3, -0.25) is 4.79 Å². The van der Waals surface area contributed by atoms with Crippen LogP contribution in [0.5, 0.6) is 5.75 Å². The minimum atomic E-state index is 0.0383. The van der Waals surface area contributed by atoms with Crippen LogP contribution >= 0.6 is 0 Å². The molecule has 0 amide bonds. The number of nitrogens with one attached hydrogen (secondary N) is 1. The Morgan fingerprint density at radius 2 is 1.90 bits per heavy atom. The highest BCUT2D eigenvalue weighted by Crippen LogP contribution is 2.32. The van der Waals surface area contributed by atoms with Gasteiger partial charge in [0.25, 0.3) is 0 Å². The summed E-state index contributed by atoms with van der Waals surface area (Å²) in [6.07, 6.45) is 1.76. The summed E-state index contributed by atoms with van der Waals surface area (Å²) >= 11 is 0. The van der Waals surface area contributed by atoms with Crippen molar-refractivity contribution < 1.29 is 9.53 Å². The first-order valence-electron chi connectivity index (χ1n) is 6.95. The van der Waals surface area contributed by atoms with Gasteiger partial charge in [-0.2, -0.15) is 0 Å². The van der Waals surface area contributed by atoms with E-state index >= 15 is 0 Å². The number of ether oxygens (including phenoxy) is 1. The molecule has 1 aromatic heterocycles. The molecule has 0 radical (unpaired) electrons. The average Bonchev–Trinajstić information content (AvgIpc) is 2.94. The molecule has 0 saturated heterocycles. The lowest BCUT2D eigenvalue weighted by atomic mass is 10.1. The number of carbonyl (C=O) groups excluding carboxylic acids is 1. The monoisotopic (exact) mass is 279 g/mol. The van der Waals surface area contributed by atoms with E-state index in [9.17, 15) is 4.79 Å². The second kappa shape index (κ2) is 5.44. The Kier molecular flexibility index (Phi) is 3.48. The summed E-state index contributed by atoms with van der Waals surface area (Å²) in [5, 5.41) is 0.874. The number of aromatic amines is 1. The molecule has 0 unspecified atom stereocenters. The van der Waals surface area contributed by atoms with Crippen LogP contribution in [0.25, 0.3) is 10.9 Å². The van der Waals surface area contributed by atoms with E-state index in [0.717, 1.165) is 27.8 Å². The van der Waals surface area contributed by atoms with Crippen molar-refractivity contribution in [1.29, 1.82) is 0 Å². The van der Waals surface area contributed by atoms with Gasteiger partial charge in [0.15, 0.2) is 5.78 Å². The minimum absolute atomic E-state index is 0.0383. The normalized spacial score (nSPS) is 10.8. The van der Waals surface area contributed by atoms with Crippen molar-refractivity contribution >= 4 is 16.7 Å². The number of carbonyl (C=O) groups is 1. The van der Waals surface area contributed by atoms with Gasteiger partial charge in [-0.25, -0.2) is 0 Å². The number of aromatic nitrogens is 1. The van der Waals surface area contributed by atoms with Crippen LogP contribution < -0.4 is 4.74 Å². The topological polar surface area (TPSA) is 42.1 Å². The summed E-state index contributed by atoms with van der Waals surface area (Å²) in [6, 6.07) is 13.9. The fourth-order valence-corrected chi connectivity index (χ4v) is 2.49. The zero-order chi connectivity index (χ0) is 14.8. The number of hydrogen-bond acceptors (Lipinski definition) is 2. The van der Waals surface area contributed by atoms with Gasteiger partial charge in [0.2, 0.25) is 0 Å². The number of benzene rings is 2. The highest BCUT2D eigenvalue weighted by atomic mass is 16.5. The Balaban J connectivity index is 2.00. The highest BCUT2D eigenvalue weighted by Gasteiger charge is 2.14. The first-order valence-corrected chi connectivity index (χ1v) is 6.95. The van der Waals surface area contributed by atoms with Gasteiger partial charge in [0.1, 0.15) is 12.4 Å². The summed E-state index contributed by atoms with van der Waals surface area (Å²) in [5.41, 5.74) is 3.85. The molecule has 106 valence electrons. The third-order valence-corrected chi connectivity index (χ3v) is 3.62. The van der Waals surface area contributed by atoms with E-state index in [2.05, 4.69) is 4.98 Å². The number of fused-ring (bicyclic) bond motifs is 1. The quantitative estimate of drug-likeness (QED) is 0.725. The maximum atomic E-state index is 11.8. The minimum Gasteiger partial charge on any atom is -0.488 e. The fourth-order valence-electron chi connectivity index (χ4n) is 2.49. The maximum absolute atomic E-state index is 11.8. The van der Waals surface area contributed by atoms with Gasteiger partial charge in [-0.15, -0.1) is 0 Å².